The number of fused-ring (bicyclic) bond motifs is 1. The van der Waals surface area contributed by atoms with Crippen molar-refractivity contribution in [3.8, 4) is 0 Å². The summed E-state index contributed by atoms with van der Waals surface area (Å²) in [5.74, 6) is -0.451. The van der Waals surface area contributed by atoms with Gasteiger partial charge in [-0.05, 0) is 24.3 Å². The second-order valence-electron chi connectivity index (χ2n) is 4.16. The van der Waals surface area contributed by atoms with Gasteiger partial charge in [-0.3, -0.25) is 14.6 Å². The van der Waals surface area contributed by atoms with Gasteiger partial charge in [0.05, 0.1) is 5.57 Å². The Morgan fingerprint density at radius 2 is 1.84 bits per heavy atom. The molecule has 1 amide bonds. The molecule has 2 aromatic rings. The average molecular weight is 250 g/mol. The number of benzene rings is 1. The molecule has 0 bridgehead atoms. The van der Waals surface area contributed by atoms with Crippen molar-refractivity contribution in [3.05, 3.63) is 66.0 Å². The van der Waals surface area contributed by atoms with E-state index in [4.69, 9.17) is 0 Å². The molecule has 92 valence electrons. The number of hydrogen-bond acceptors (Lipinski definition) is 3. The largest absolute Gasteiger partial charge is 0.321 e. The second kappa shape index (κ2) is 4.49. The van der Waals surface area contributed by atoms with Gasteiger partial charge in [0.15, 0.2) is 5.78 Å². The summed E-state index contributed by atoms with van der Waals surface area (Å²) in [5, 5.41) is 2.73. The highest BCUT2D eigenvalue weighted by Crippen LogP contribution is 2.31. The number of amides is 1. The number of hydrogen-bond donors (Lipinski definition) is 1. The van der Waals surface area contributed by atoms with Gasteiger partial charge in [-0.25, -0.2) is 0 Å². The van der Waals surface area contributed by atoms with Gasteiger partial charge in [0.1, 0.15) is 0 Å². The number of rotatable bonds is 2. The van der Waals surface area contributed by atoms with E-state index in [2.05, 4.69) is 10.3 Å². The van der Waals surface area contributed by atoms with E-state index in [9.17, 15) is 9.59 Å². The van der Waals surface area contributed by atoms with Gasteiger partial charge in [0.2, 0.25) is 0 Å². The lowest BCUT2D eigenvalue weighted by Gasteiger charge is -1.98. The summed E-state index contributed by atoms with van der Waals surface area (Å²) in [6.07, 6.45) is 4.47. The molecule has 1 aromatic heterocycles. The minimum Gasteiger partial charge on any atom is -0.321 e. The lowest BCUT2D eigenvalue weighted by molar-refractivity contribution is -0.110. The Labute approximate surface area is 109 Å². The van der Waals surface area contributed by atoms with Crippen LogP contribution in [0.3, 0.4) is 0 Å². The fraction of sp³-hybridized carbons (Fsp3) is 0. The van der Waals surface area contributed by atoms with Crippen LogP contribution in [0, 0.1) is 0 Å². The average Bonchev–Trinajstić information content (AvgIpc) is 2.76. The van der Waals surface area contributed by atoms with Crippen LogP contribution in [-0.2, 0) is 4.79 Å². The normalized spacial score (nSPS) is 15.2. The molecule has 0 spiro atoms. The van der Waals surface area contributed by atoms with Crippen molar-refractivity contribution in [2.45, 2.75) is 0 Å². The molecule has 4 heteroatoms. The minimum absolute atomic E-state index is 0.204. The lowest BCUT2D eigenvalue weighted by Crippen LogP contribution is -2.06. The van der Waals surface area contributed by atoms with Gasteiger partial charge in [-0.15, -0.1) is 0 Å². The summed E-state index contributed by atoms with van der Waals surface area (Å²) in [7, 11) is 0. The van der Waals surface area contributed by atoms with E-state index in [1.165, 1.54) is 6.08 Å². The molecule has 0 atom stereocenters. The number of para-hydroxylation sites is 1. The number of carbonyl (C=O) groups excluding carboxylic acids is 2. The molecule has 0 saturated carbocycles. The molecule has 0 fully saturated rings. The van der Waals surface area contributed by atoms with Gasteiger partial charge >= 0.3 is 0 Å². The van der Waals surface area contributed by atoms with Gasteiger partial charge in [0, 0.05) is 29.2 Å². The highest BCUT2D eigenvalue weighted by Gasteiger charge is 2.24. The van der Waals surface area contributed by atoms with Crippen LogP contribution >= 0.6 is 0 Å². The van der Waals surface area contributed by atoms with Crippen molar-refractivity contribution >= 4 is 23.0 Å². The topological polar surface area (TPSA) is 59.1 Å². The Kier molecular flexibility index (Phi) is 2.68. The van der Waals surface area contributed by atoms with Crippen LogP contribution in [0.15, 0.2) is 54.9 Å². The summed E-state index contributed by atoms with van der Waals surface area (Å²) in [5.41, 5.74) is 2.41. The van der Waals surface area contributed by atoms with Gasteiger partial charge in [-0.2, -0.15) is 0 Å². The number of allylic oxidation sites excluding steroid dienone is 1. The molecule has 0 radical (unpaired) electrons. The summed E-state index contributed by atoms with van der Waals surface area (Å²) in [6.45, 7) is 0. The number of ketones is 1. The van der Waals surface area contributed by atoms with Crippen molar-refractivity contribution in [2.24, 2.45) is 0 Å². The smallest absolute Gasteiger partial charge is 0.256 e. The monoisotopic (exact) mass is 250 g/mol. The summed E-state index contributed by atoms with van der Waals surface area (Å²) in [6, 6.07) is 10.6. The van der Waals surface area contributed by atoms with Crippen LogP contribution < -0.4 is 5.32 Å². The molecule has 2 heterocycles. The first-order valence-corrected chi connectivity index (χ1v) is 5.82. The SMILES string of the molecule is O=C1Nc2ccccc2C1=CC(=O)c1ccncc1. The Morgan fingerprint density at radius 1 is 1.11 bits per heavy atom. The van der Waals surface area contributed by atoms with E-state index < -0.39 is 0 Å². The molecule has 1 aromatic carbocycles. The third-order valence-electron chi connectivity index (χ3n) is 2.95. The van der Waals surface area contributed by atoms with E-state index in [0.29, 0.717) is 11.1 Å². The molecule has 0 aliphatic carbocycles. The molecule has 1 N–H and O–H groups in total. The lowest BCUT2D eigenvalue weighted by atomic mass is 10.0. The zero-order valence-corrected chi connectivity index (χ0v) is 9.96. The fourth-order valence-electron chi connectivity index (χ4n) is 2.01. The molecular formula is C15H10N2O2. The van der Waals surface area contributed by atoms with Crippen LogP contribution in [0.1, 0.15) is 15.9 Å². The highest BCUT2D eigenvalue weighted by molar-refractivity contribution is 6.34. The first kappa shape index (κ1) is 11.3. The first-order valence-electron chi connectivity index (χ1n) is 5.82. The molecule has 0 unspecified atom stereocenters. The van der Waals surface area contributed by atoms with Gasteiger partial charge in [-0.1, -0.05) is 18.2 Å². The zero-order chi connectivity index (χ0) is 13.2. The van der Waals surface area contributed by atoms with Crippen molar-refractivity contribution in [1.82, 2.24) is 4.98 Å². The van der Waals surface area contributed by atoms with Crippen LogP contribution in [0.2, 0.25) is 0 Å². The Morgan fingerprint density at radius 3 is 2.63 bits per heavy atom. The number of anilines is 1. The van der Waals surface area contributed by atoms with Gasteiger partial charge < -0.3 is 5.32 Å². The molecular weight excluding hydrogens is 240 g/mol. The predicted octanol–water partition coefficient (Wildman–Crippen LogP) is 2.30. The zero-order valence-electron chi connectivity index (χ0n) is 9.96. The third kappa shape index (κ3) is 2.04. The van der Waals surface area contributed by atoms with E-state index in [1.54, 1.807) is 24.5 Å². The number of aromatic nitrogens is 1. The summed E-state index contributed by atoms with van der Waals surface area (Å²) >= 11 is 0. The molecule has 1 aliphatic heterocycles. The maximum atomic E-state index is 12.1. The quantitative estimate of drug-likeness (QED) is 0.657. The van der Waals surface area contributed by atoms with E-state index in [0.717, 1.165) is 11.3 Å². The Balaban J connectivity index is 2.01. The van der Waals surface area contributed by atoms with E-state index in [-0.39, 0.29) is 11.7 Å². The fourth-order valence-corrected chi connectivity index (χ4v) is 2.01. The summed E-state index contributed by atoms with van der Waals surface area (Å²) in [4.78, 5) is 27.8. The molecule has 1 aliphatic rings. The van der Waals surface area contributed by atoms with E-state index >= 15 is 0 Å². The second-order valence-corrected chi connectivity index (χ2v) is 4.16. The minimum atomic E-state index is -0.247. The van der Waals surface area contributed by atoms with Gasteiger partial charge in [0.25, 0.3) is 5.91 Å². The highest BCUT2D eigenvalue weighted by atomic mass is 16.2. The van der Waals surface area contributed by atoms with Crippen molar-refractivity contribution in [3.63, 3.8) is 0 Å². The number of carbonyl (C=O) groups is 2. The van der Waals surface area contributed by atoms with Crippen molar-refractivity contribution in [1.29, 1.82) is 0 Å². The maximum Gasteiger partial charge on any atom is 0.256 e. The van der Waals surface area contributed by atoms with E-state index in [1.807, 2.05) is 24.3 Å². The van der Waals surface area contributed by atoms with Crippen molar-refractivity contribution in [2.75, 3.05) is 5.32 Å². The Bertz CT molecular complexity index is 690. The van der Waals surface area contributed by atoms with Crippen LogP contribution in [-0.4, -0.2) is 16.7 Å². The Hall–Kier alpha value is -2.75. The molecule has 19 heavy (non-hydrogen) atoms. The molecule has 0 saturated heterocycles. The summed E-state index contributed by atoms with van der Waals surface area (Å²) < 4.78 is 0. The number of nitrogens with one attached hydrogen (secondary N) is 1. The number of nitrogens with zero attached hydrogens (tertiary/aromatic N) is 1. The maximum absolute atomic E-state index is 12.1. The van der Waals surface area contributed by atoms with Crippen molar-refractivity contribution < 1.29 is 9.59 Å². The molecule has 3 rings (SSSR count). The van der Waals surface area contributed by atoms with Crippen LogP contribution in [0.4, 0.5) is 5.69 Å². The molecule has 4 nitrogen and oxygen atoms in total. The first-order chi connectivity index (χ1) is 9.25. The predicted molar refractivity (Wildman–Crippen MR) is 71.6 cm³/mol. The standard InChI is InChI=1S/C15H10N2O2/c18-14(10-5-7-16-8-6-10)9-12-11-3-1-2-4-13(11)17-15(12)19/h1-9H,(H,17,19). The number of pyridine rings is 1. The van der Waals surface area contributed by atoms with Crippen LogP contribution in [0.5, 0.6) is 0 Å². The van der Waals surface area contributed by atoms with Crippen LogP contribution in [0.25, 0.3) is 5.57 Å². The third-order valence-corrected chi connectivity index (χ3v) is 2.95.